The summed E-state index contributed by atoms with van der Waals surface area (Å²) in [7, 11) is 0. The maximum Gasteiger partial charge on any atom is 0.245 e. The zero-order chi connectivity index (χ0) is 9.38. The molecule has 66 valence electrons. The molecular weight excluding hydrogens is 188 g/mol. The molecule has 0 aliphatic rings. The van der Waals surface area contributed by atoms with Gasteiger partial charge in [0, 0.05) is 10.8 Å². The molecule has 0 saturated heterocycles. The number of hydrogen-bond donors (Lipinski definition) is 0. The van der Waals surface area contributed by atoms with Crippen LogP contribution >= 0.6 is 11.3 Å². The van der Waals surface area contributed by atoms with Gasteiger partial charge in [-0.2, -0.15) is 0 Å². The maximum atomic E-state index is 2.19. The van der Waals surface area contributed by atoms with Crippen molar-refractivity contribution in [1.29, 1.82) is 0 Å². The first-order valence-corrected chi connectivity index (χ1v) is 5.51. The fourth-order valence-corrected chi connectivity index (χ4v) is 2.65. The van der Waals surface area contributed by atoms with E-state index in [1.165, 1.54) is 20.9 Å². The van der Waals surface area contributed by atoms with E-state index in [0.717, 1.165) is 0 Å². The van der Waals surface area contributed by atoms with Gasteiger partial charge in [0.05, 0.1) is 0 Å². The SMILES string of the molecule is c1ccc2c(c1)ccc1ccc[s+]c12. The predicted molar refractivity (Wildman–Crippen MR) is 63.7 cm³/mol. The third-order valence-corrected chi connectivity index (χ3v) is 3.43. The second kappa shape index (κ2) is 3.03. The molecule has 0 spiro atoms. The van der Waals surface area contributed by atoms with Crippen LogP contribution in [0, 0.1) is 0 Å². The first-order chi connectivity index (χ1) is 6.95. The van der Waals surface area contributed by atoms with Crippen molar-refractivity contribution in [3.05, 3.63) is 53.9 Å². The monoisotopic (exact) mass is 197 g/mol. The minimum absolute atomic E-state index is 1.32. The van der Waals surface area contributed by atoms with E-state index in [9.17, 15) is 0 Å². The smallest absolute Gasteiger partial charge is 0.0616 e. The lowest BCUT2D eigenvalue weighted by atomic mass is 10.1. The summed E-state index contributed by atoms with van der Waals surface area (Å²) in [5.74, 6) is 0. The Morgan fingerprint density at radius 3 is 2.50 bits per heavy atom. The van der Waals surface area contributed by atoms with Crippen LogP contribution in [0.3, 0.4) is 0 Å². The van der Waals surface area contributed by atoms with E-state index in [2.05, 4.69) is 53.9 Å². The van der Waals surface area contributed by atoms with Crippen molar-refractivity contribution in [1.82, 2.24) is 0 Å². The molecule has 0 unspecified atom stereocenters. The van der Waals surface area contributed by atoms with Crippen molar-refractivity contribution < 1.29 is 0 Å². The second-order valence-electron chi connectivity index (χ2n) is 3.32. The third kappa shape index (κ3) is 1.10. The van der Waals surface area contributed by atoms with Gasteiger partial charge in [-0.25, -0.2) is 0 Å². The van der Waals surface area contributed by atoms with E-state index in [4.69, 9.17) is 0 Å². The molecule has 1 heteroatoms. The Bertz CT molecular complexity index is 544. The lowest BCUT2D eigenvalue weighted by Gasteiger charge is -1.95. The number of fused-ring (bicyclic) bond motifs is 3. The van der Waals surface area contributed by atoms with Crippen LogP contribution in [0.1, 0.15) is 0 Å². The van der Waals surface area contributed by atoms with Gasteiger partial charge in [-0.15, -0.1) is 0 Å². The minimum atomic E-state index is 1.32. The van der Waals surface area contributed by atoms with Crippen LogP contribution in [-0.4, -0.2) is 0 Å². The van der Waals surface area contributed by atoms with Crippen LogP contribution in [0.4, 0.5) is 0 Å². The van der Waals surface area contributed by atoms with Crippen LogP contribution < -0.4 is 0 Å². The summed E-state index contributed by atoms with van der Waals surface area (Å²) in [6, 6.07) is 17.2. The molecule has 2 aromatic carbocycles. The lowest BCUT2D eigenvalue weighted by Crippen LogP contribution is -1.73. The summed E-state index contributed by atoms with van der Waals surface area (Å²) >= 11 is 1.81. The Morgan fingerprint density at radius 1 is 0.714 bits per heavy atom. The molecule has 1 heterocycles. The molecule has 14 heavy (non-hydrogen) atoms. The van der Waals surface area contributed by atoms with E-state index in [1.54, 1.807) is 11.3 Å². The standard InChI is InChI=1S/C13H9S/c1-2-6-12-10(4-1)7-8-11-5-3-9-14-13(11)12/h1-9H/q+1. The van der Waals surface area contributed by atoms with Crippen LogP contribution in [0.5, 0.6) is 0 Å². The molecule has 0 atom stereocenters. The molecule has 0 saturated carbocycles. The first kappa shape index (κ1) is 7.89. The largest absolute Gasteiger partial charge is 0.245 e. The molecule has 1 aromatic heterocycles. The van der Waals surface area contributed by atoms with E-state index in [1.807, 2.05) is 0 Å². The summed E-state index contributed by atoms with van der Waals surface area (Å²) < 4.78 is 1.38. The zero-order valence-corrected chi connectivity index (χ0v) is 8.42. The Labute approximate surface area is 86.4 Å². The molecule has 0 fully saturated rings. The van der Waals surface area contributed by atoms with Crippen molar-refractivity contribution in [3.8, 4) is 0 Å². The first-order valence-electron chi connectivity index (χ1n) is 4.63. The maximum absolute atomic E-state index is 2.19. The average molecular weight is 197 g/mol. The van der Waals surface area contributed by atoms with Gasteiger partial charge >= 0.3 is 0 Å². The minimum Gasteiger partial charge on any atom is -0.0616 e. The van der Waals surface area contributed by atoms with E-state index in [0.29, 0.717) is 0 Å². The molecular formula is C13H9S+. The van der Waals surface area contributed by atoms with Gasteiger partial charge in [-0.05, 0) is 29.7 Å². The summed E-state index contributed by atoms with van der Waals surface area (Å²) in [6.45, 7) is 0. The number of benzene rings is 2. The quantitative estimate of drug-likeness (QED) is 0.371. The van der Waals surface area contributed by atoms with Gasteiger partial charge in [-0.3, -0.25) is 0 Å². The number of hydrogen-bond acceptors (Lipinski definition) is 0. The Hall–Kier alpha value is -1.47. The molecule has 0 radical (unpaired) electrons. The van der Waals surface area contributed by atoms with E-state index in [-0.39, 0.29) is 0 Å². The fraction of sp³-hybridized carbons (Fsp3) is 0. The molecule has 0 amide bonds. The highest BCUT2D eigenvalue weighted by molar-refractivity contribution is 7.17. The zero-order valence-electron chi connectivity index (χ0n) is 7.60. The van der Waals surface area contributed by atoms with Crippen LogP contribution in [-0.2, 0) is 0 Å². The Balaban J connectivity index is 2.61. The Kier molecular flexibility index (Phi) is 1.71. The summed E-state index contributed by atoms with van der Waals surface area (Å²) in [6.07, 6.45) is 0. The molecule has 0 aliphatic heterocycles. The lowest BCUT2D eigenvalue weighted by molar-refractivity contribution is 1.81. The van der Waals surface area contributed by atoms with Crippen molar-refractivity contribution in [2.24, 2.45) is 0 Å². The average Bonchev–Trinajstić information content (AvgIpc) is 2.29. The van der Waals surface area contributed by atoms with Crippen molar-refractivity contribution >= 4 is 32.2 Å². The summed E-state index contributed by atoms with van der Waals surface area (Å²) in [5.41, 5.74) is 0. The molecule has 3 aromatic rings. The second-order valence-corrected chi connectivity index (χ2v) is 4.23. The van der Waals surface area contributed by atoms with Gasteiger partial charge in [0.1, 0.15) is 0 Å². The van der Waals surface area contributed by atoms with Crippen molar-refractivity contribution in [2.45, 2.75) is 0 Å². The summed E-state index contributed by atoms with van der Waals surface area (Å²) in [4.78, 5) is 0. The van der Waals surface area contributed by atoms with Crippen LogP contribution in [0.15, 0.2) is 53.9 Å². The molecule has 0 aliphatic carbocycles. The fourth-order valence-electron chi connectivity index (χ4n) is 1.77. The molecule has 0 bridgehead atoms. The molecule has 3 rings (SSSR count). The van der Waals surface area contributed by atoms with E-state index >= 15 is 0 Å². The van der Waals surface area contributed by atoms with Gasteiger partial charge in [0.2, 0.25) is 16.0 Å². The molecule has 0 nitrogen and oxygen atoms in total. The van der Waals surface area contributed by atoms with Crippen LogP contribution in [0.2, 0.25) is 0 Å². The van der Waals surface area contributed by atoms with Gasteiger partial charge in [0.15, 0.2) is 5.38 Å². The van der Waals surface area contributed by atoms with Gasteiger partial charge in [-0.1, -0.05) is 24.3 Å². The summed E-state index contributed by atoms with van der Waals surface area (Å²) in [5, 5.41) is 6.14. The van der Waals surface area contributed by atoms with Crippen LogP contribution in [0.25, 0.3) is 20.9 Å². The third-order valence-electron chi connectivity index (χ3n) is 2.45. The predicted octanol–water partition coefficient (Wildman–Crippen LogP) is 4.34. The Morgan fingerprint density at radius 2 is 1.50 bits per heavy atom. The van der Waals surface area contributed by atoms with Crippen molar-refractivity contribution in [3.63, 3.8) is 0 Å². The van der Waals surface area contributed by atoms with Gasteiger partial charge < -0.3 is 0 Å². The van der Waals surface area contributed by atoms with E-state index < -0.39 is 0 Å². The van der Waals surface area contributed by atoms with Gasteiger partial charge in [0.25, 0.3) is 0 Å². The highest BCUT2D eigenvalue weighted by Crippen LogP contribution is 2.27. The molecule has 0 N–H and O–H groups in total. The van der Waals surface area contributed by atoms with Crippen molar-refractivity contribution in [2.75, 3.05) is 0 Å². The number of rotatable bonds is 0. The topological polar surface area (TPSA) is 0 Å². The highest BCUT2D eigenvalue weighted by Gasteiger charge is 2.07. The highest BCUT2D eigenvalue weighted by atomic mass is 32.1. The normalized spacial score (nSPS) is 10.9.